The topological polar surface area (TPSA) is 76.1 Å². The second-order valence-corrected chi connectivity index (χ2v) is 5.18. The highest BCUT2D eigenvalue weighted by Crippen LogP contribution is 2.27. The third-order valence-electron chi connectivity index (χ3n) is 2.69. The van der Waals surface area contributed by atoms with Crippen molar-refractivity contribution in [1.29, 1.82) is 0 Å². The monoisotopic (exact) mass is 346 g/mol. The van der Waals surface area contributed by atoms with Crippen molar-refractivity contribution in [1.82, 2.24) is 15.3 Å². The van der Waals surface area contributed by atoms with Crippen molar-refractivity contribution in [3.8, 4) is 5.75 Å². The fourth-order valence-corrected chi connectivity index (χ4v) is 2.43. The Bertz CT molecular complexity index is 675. The Hall–Kier alpha value is -2.36. The van der Waals surface area contributed by atoms with E-state index >= 15 is 0 Å². The third-order valence-corrected chi connectivity index (χ3v) is 3.59. The van der Waals surface area contributed by atoms with Crippen molar-refractivity contribution < 1.29 is 22.7 Å². The molecular formula is C13H13F3N4O2S. The fraction of sp³-hybridized carbons (Fsp3) is 0.308. The molecule has 2 aromatic heterocycles. The molecule has 0 radical (unpaired) electrons. The third kappa shape index (κ3) is 4.55. The Labute approximate surface area is 133 Å². The SMILES string of the molecule is COc1ccsc1C(=O)NCCNc1nccc(C(F)(F)F)n1. The lowest BCUT2D eigenvalue weighted by atomic mass is 10.4. The summed E-state index contributed by atoms with van der Waals surface area (Å²) in [4.78, 5) is 19.4. The highest BCUT2D eigenvalue weighted by atomic mass is 32.1. The lowest BCUT2D eigenvalue weighted by molar-refractivity contribution is -0.141. The van der Waals surface area contributed by atoms with E-state index in [-0.39, 0.29) is 24.9 Å². The highest BCUT2D eigenvalue weighted by Gasteiger charge is 2.32. The van der Waals surface area contributed by atoms with Crippen molar-refractivity contribution in [2.75, 3.05) is 25.5 Å². The number of ether oxygens (including phenoxy) is 1. The van der Waals surface area contributed by atoms with Crippen LogP contribution in [-0.4, -0.2) is 36.1 Å². The van der Waals surface area contributed by atoms with Crippen molar-refractivity contribution in [2.24, 2.45) is 0 Å². The minimum Gasteiger partial charge on any atom is -0.495 e. The number of hydrogen-bond acceptors (Lipinski definition) is 6. The Morgan fingerprint density at radius 1 is 1.35 bits per heavy atom. The van der Waals surface area contributed by atoms with Gasteiger partial charge in [-0.25, -0.2) is 9.97 Å². The number of aromatic nitrogens is 2. The van der Waals surface area contributed by atoms with Gasteiger partial charge in [0.25, 0.3) is 5.91 Å². The maximum atomic E-state index is 12.5. The summed E-state index contributed by atoms with van der Waals surface area (Å²) in [5, 5.41) is 6.97. The number of carbonyl (C=O) groups excluding carboxylic acids is 1. The lowest BCUT2D eigenvalue weighted by Gasteiger charge is -2.09. The molecule has 124 valence electrons. The number of thiophene rings is 1. The van der Waals surface area contributed by atoms with E-state index in [9.17, 15) is 18.0 Å². The zero-order chi connectivity index (χ0) is 16.9. The molecule has 2 rings (SSSR count). The maximum absolute atomic E-state index is 12.5. The largest absolute Gasteiger partial charge is 0.495 e. The first-order chi connectivity index (χ1) is 10.9. The van der Waals surface area contributed by atoms with Crippen molar-refractivity contribution in [2.45, 2.75) is 6.18 Å². The van der Waals surface area contributed by atoms with Gasteiger partial charge in [0.1, 0.15) is 16.3 Å². The van der Waals surface area contributed by atoms with Gasteiger partial charge < -0.3 is 15.4 Å². The zero-order valence-corrected chi connectivity index (χ0v) is 12.8. The average Bonchev–Trinajstić information content (AvgIpc) is 2.99. The molecule has 0 aliphatic carbocycles. The minimum atomic E-state index is -4.52. The molecule has 23 heavy (non-hydrogen) atoms. The molecule has 2 aromatic rings. The number of rotatable bonds is 6. The van der Waals surface area contributed by atoms with E-state index in [0.717, 1.165) is 12.3 Å². The fourth-order valence-electron chi connectivity index (χ4n) is 1.66. The van der Waals surface area contributed by atoms with E-state index in [1.54, 1.807) is 11.4 Å². The van der Waals surface area contributed by atoms with E-state index in [1.165, 1.54) is 18.4 Å². The van der Waals surface area contributed by atoms with Crippen LogP contribution in [-0.2, 0) is 6.18 Å². The van der Waals surface area contributed by atoms with Gasteiger partial charge in [0.05, 0.1) is 7.11 Å². The van der Waals surface area contributed by atoms with E-state index < -0.39 is 11.9 Å². The van der Waals surface area contributed by atoms with Crippen LogP contribution in [0.3, 0.4) is 0 Å². The molecule has 10 heteroatoms. The zero-order valence-electron chi connectivity index (χ0n) is 12.0. The number of methoxy groups -OCH3 is 1. The Kier molecular flexibility index (Phi) is 5.37. The van der Waals surface area contributed by atoms with Gasteiger partial charge in [0, 0.05) is 19.3 Å². The van der Waals surface area contributed by atoms with E-state index in [4.69, 9.17) is 4.74 Å². The van der Waals surface area contributed by atoms with Crippen LogP contribution in [0.5, 0.6) is 5.75 Å². The maximum Gasteiger partial charge on any atom is 0.433 e. The Morgan fingerprint density at radius 2 is 2.13 bits per heavy atom. The number of alkyl halides is 3. The molecule has 0 fully saturated rings. The number of anilines is 1. The van der Waals surface area contributed by atoms with Gasteiger partial charge in [-0.2, -0.15) is 13.2 Å². The molecule has 2 heterocycles. The molecule has 6 nitrogen and oxygen atoms in total. The predicted molar refractivity (Wildman–Crippen MR) is 78.7 cm³/mol. The molecule has 0 spiro atoms. The molecule has 0 bridgehead atoms. The number of nitrogens with one attached hydrogen (secondary N) is 2. The molecule has 0 atom stereocenters. The van der Waals surface area contributed by atoms with Crippen molar-refractivity contribution >= 4 is 23.2 Å². The second-order valence-electron chi connectivity index (χ2n) is 4.26. The van der Waals surface area contributed by atoms with Crippen LogP contribution in [0.1, 0.15) is 15.4 Å². The summed E-state index contributed by atoms with van der Waals surface area (Å²) in [6.45, 7) is 0.375. The van der Waals surface area contributed by atoms with Gasteiger partial charge in [-0.1, -0.05) is 0 Å². The van der Waals surface area contributed by atoms with Gasteiger partial charge in [0.2, 0.25) is 5.95 Å². The number of halogens is 3. The van der Waals surface area contributed by atoms with E-state index in [0.29, 0.717) is 10.6 Å². The molecule has 0 unspecified atom stereocenters. The van der Waals surface area contributed by atoms with Gasteiger partial charge in [-0.15, -0.1) is 11.3 Å². The summed E-state index contributed by atoms with van der Waals surface area (Å²) in [5.41, 5.74) is -1.03. The summed E-state index contributed by atoms with van der Waals surface area (Å²) < 4.78 is 42.5. The average molecular weight is 346 g/mol. The van der Waals surface area contributed by atoms with Crippen molar-refractivity contribution in [3.63, 3.8) is 0 Å². The van der Waals surface area contributed by atoms with Gasteiger partial charge in [0.15, 0.2) is 0 Å². The molecular weight excluding hydrogens is 333 g/mol. The predicted octanol–water partition coefficient (Wildman–Crippen LogP) is 2.41. The quantitative estimate of drug-likeness (QED) is 0.786. The minimum absolute atomic E-state index is 0.150. The van der Waals surface area contributed by atoms with Crippen LogP contribution in [0.25, 0.3) is 0 Å². The molecule has 2 N–H and O–H groups in total. The highest BCUT2D eigenvalue weighted by molar-refractivity contribution is 7.12. The van der Waals surface area contributed by atoms with Crippen LogP contribution in [0.2, 0.25) is 0 Å². The molecule has 0 saturated heterocycles. The summed E-state index contributed by atoms with van der Waals surface area (Å²) in [6, 6.07) is 2.46. The van der Waals surface area contributed by atoms with Gasteiger partial charge in [-0.3, -0.25) is 4.79 Å². The summed E-state index contributed by atoms with van der Waals surface area (Å²) >= 11 is 1.23. The molecule has 0 aliphatic heterocycles. The first-order valence-corrected chi connectivity index (χ1v) is 7.33. The Morgan fingerprint density at radius 3 is 2.83 bits per heavy atom. The lowest BCUT2D eigenvalue weighted by Crippen LogP contribution is -2.28. The number of hydrogen-bond donors (Lipinski definition) is 2. The van der Waals surface area contributed by atoms with Crippen LogP contribution in [0, 0.1) is 0 Å². The Balaban J connectivity index is 1.83. The van der Waals surface area contributed by atoms with Crippen LogP contribution in [0.15, 0.2) is 23.7 Å². The van der Waals surface area contributed by atoms with Gasteiger partial charge in [-0.05, 0) is 17.5 Å². The van der Waals surface area contributed by atoms with Crippen molar-refractivity contribution in [3.05, 3.63) is 34.3 Å². The number of carbonyl (C=O) groups is 1. The molecule has 0 aromatic carbocycles. The van der Waals surface area contributed by atoms with E-state index in [1.807, 2.05) is 0 Å². The summed E-state index contributed by atoms with van der Waals surface area (Å²) in [7, 11) is 1.46. The van der Waals surface area contributed by atoms with Crippen LogP contribution >= 0.6 is 11.3 Å². The molecule has 0 aliphatic rings. The number of amides is 1. The first-order valence-electron chi connectivity index (χ1n) is 6.45. The molecule has 0 saturated carbocycles. The second kappa shape index (κ2) is 7.27. The molecule has 1 amide bonds. The number of nitrogens with zero attached hydrogens (tertiary/aromatic N) is 2. The normalized spacial score (nSPS) is 11.1. The smallest absolute Gasteiger partial charge is 0.433 e. The summed E-state index contributed by atoms with van der Waals surface area (Å²) in [6.07, 6.45) is -3.50. The van der Waals surface area contributed by atoms with Gasteiger partial charge >= 0.3 is 6.18 Å². The van der Waals surface area contributed by atoms with E-state index in [2.05, 4.69) is 20.6 Å². The first kappa shape index (κ1) is 17.0. The van der Waals surface area contributed by atoms with Crippen LogP contribution < -0.4 is 15.4 Å². The summed E-state index contributed by atoms with van der Waals surface area (Å²) in [5.74, 6) is 0.00746. The standard InChI is InChI=1S/C13H13F3N4O2S/c1-22-8-3-7-23-10(8)11(21)17-5-6-19-12-18-4-2-9(20-12)13(14,15)16/h2-4,7H,5-6H2,1H3,(H,17,21)(H,18,19,20). The van der Waals surface area contributed by atoms with Crippen LogP contribution in [0.4, 0.5) is 19.1 Å².